The molecule has 0 fully saturated rings. The van der Waals surface area contributed by atoms with Gasteiger partial charge in [-0.15, -0.1) is 0 Å². The average molecular weight is 364 g/mol. The number of amides is 2. The number of aryl methyl sites for hydroxylation is 6. The van der Waals surface area contributed by atoms with E-state index in [9.17, 15) is 9.59 Å². The lowest BCUT2D eigenvalue weighted by Gasteiger charge is -2.14. The van der Waals surface area contributed by atoms with Crippen molar-refractivity contribution < 1.29 is 9.59 Å². The molecule has 0 spiro atoms. The van der Waals surface area contributed by atoms with Gasteiger partial charge < -0.3 is 10.6 Å². The summed E-state index contributed by atoms with van der Waals surface area (Å²) in [5.74, 6) is -0.590. The van der Waals surface area contributed by atoms with Crippen molar-refractivity contribution in [2.24, 2.45) is 0 Å². The molecule has 0 atom stereocenters. The van der Waals surface area contributed by atoms with E-state index in [4.69, 9.17) is 0 Å². The Hall–Kier alpha value is -2.88. The molecule has 0 unspecified atom stereocenters. The second-order valence-electron chi connectivity index (χ2n) is 7.32. The van der Waals surface area contributed by atoms with Crippen molar-refractivity contribution in [2.75, 3.05) is 10.6 Å². The summed E-state index contributed by atoms with van der Waals surface area (Å²) in [6.07, 6.45) is 1.34. The van der Waals surface area contributed by atoms with E-state index >= 15 is 0 Å². The summed E-state index contributed by atoms with van der Waals surface area (Å²) >= 11 is 0. The monoisotopic (exact) mass is 364 g/mol. The Morgan fingerprint density at radius 3 is 1.48 bits per heavy atom. The van der Waals surface area contributed by atoms with Crippen molar-refractivity contribution in [3.05, 3.63) is 69.3 Å². The Bertz CT molecular complexity index is 893. The fourth-order valence-corrected chi connectivity index (χ4v) is 3.39. The number of carbonyl (C=O) groups is 2. The summed E-state index contributed by atoms with van der Waals surface area (Å²) < 4.78 is 0. The minimum absolute atomic E-state index is 0.280. The van der Waals surface area contributed by atoms with Crippen molar-refractivity contribution >= 4 is 23.2 Å². The zero-order valence-corrected chi connectivity index (χ0v) is 17.2. The van der Waals surface area contributed by atoms with Crippen molar-refractivity contribution in [3.63, 3.8) is 0 Å². The lowest BCUT2D eigenvalue weighted by Crippen LogP contribution is -2.18. The van der Waals surface area contributed by atoms with Gasteiger partial charge in [0.25, 0.3) is 5.91 Å². The fraction of sp³-hybridized carbons (Fsp3) is 0.304. The van der Waals surface area contributed by atoms with Crippen LogP contribution in [0.25, 0.3) is 0 Å². The summed E-state index contributed by atoms with van der Waals surface area (Å²) in [6.45, 7) is 13.5. The van der Waals surface area contributed by atoms with Crippen LogP contribution >= 0.6 is 0 Å². The Balaban J connectivity index is 2.15. The van der Waals surface area contributed by atoms with Gasteiger partial charge in [0.1, 0.15) is 0 Å². The van der Waals surface area contributed by atoms with Gasteiger partial charge in [-0.25, -0.2) is 0 Å². The molecule has 2 N–H and O–H groups in total. The first kappa shape index (κ1) is 20.4. The van der Waals surface area contributed by atoms with E-state index in [1.165, 1.54) is 6.08 Å². The summed E-state index contributed by atoms with van der Waals surface area (Å²) in [5.41, 5.74) is 8.26. The summed E-state index contributed by atoms with van der Waals surface area (Å²) in [5, 5.41) is 5.81. The van der Waals surface area contributed by atoms with E-state index in [0.717, 1.165) is 44.8 Å². The van der Waals surface area contributed by atoms with E-state index < -0.39 is 0 Å². The number of carbonyl (C=O) groups excluding carboxylic acids is 2. The van der Waals surface area contributed by atoms with Crippen LogP contribution in [-0.2, 0) is 9.59 Å². The quantitative estimate of drug-likeness (QED) is 0.745. The van der Waals surface area contributed by atoms with Crippen molar-refractivity contribution in [1.29, 1.82) is 0 Å². The maximum atomic E-state index is 12.5. The van der Waals surface area contributed by atoms with Crippen LogP contribution in [0, 0.1) is 41.5 Å². The Morgan fingerprint density at radius 1 is 0.704 bits per heavy atom. The lowest BCUT2D eigenvalue weighted by atomic mass is 10.0. The van der Waals surface area contributed by atoms with Crippen LogP contribution in [0.15, 0.2) is 35.9 Å². The van der Waals surface area contributed by atoms with Gasteiger partial charge >= 0.3 is 0 Å². The van der Waals surface area contributed by atoms with Crippen molar-refractivity contribution in [2.45, 2.75) is 48.5 Å². The van der Waals surface area contributed by atoms with Gasteiger partial charge in [0.2, 0.25) is 5.91 Å². The van der Waals surface area contributed by atoms with Gasteiger partial charge in [-0.1, -0.05) is 35.4 Å². The van der Waals surface area contributed by atoms with E-state index in [-0.39, 0.29) is 11.8 Å². The minimum Gasteiger partial charge on any atom is -0.322 e. The molecular weight excluding hydrogens is 336 g/mol. The van der Waals surface area contributed by atoms with Crippen molar-refractivity contribution in [1.82, 2.24) is 0 Å². The van der Waals surface area contributed by atoms with Gasteiger partial charge in [-0.05, 0) is 70.7 Å². The zero-order valence-electron chi connectivity index (χ0n) is 17.2. The Morgan fingerprint density at radius 2 is 1.07 bits per heavy atom. The molecule has 4 heteroatoms. The molecule has 0 aliphatic heterocycles. The third kappa shape index (κ3) is 5.07. The molecule has 2 rings (SSSR count). The van der Waals surface area contributed by atoms with E-state index in [1.54, 1.807) is 6.92 Å². The molecule has 27 heavy (non-hydrogen) atoms. The molecule has 0 bridgehead atoms. The van der Waals surface area contributed by atoms with Crippen LogP contribution in [0.5, 0.6) is 0 Å². The van der Waals surface area contributed by atoms with Gasteiger partial charge in [-0.2, -0.15) is 0 Å². The first-order chi connectivity index (χ1) is 12.6. The lowest BCUT2D eigenvalue weighted by molar-refractivity contribution is -0.114. The van der Waals surface area contributed by atoms with Crippen molar-refractivity contribution in [3.8, 4) is 0 Å². The molecule has 0 radical (unpaired) electrons. The number of nitrogens with one attached hydrogen (secondary N) is 2. The Labute approximate surface area is 161 Å². The maximum absolute atomic E-state index is 12.5. The highest BCUT2D eigenvalue weighted by atomic mass is 16.2. The number of hydrogen-bond donors (Lipinski definition) is 2. The number of benzene rings is 2. The summed E-state index contributed by atoms with van der Waals surface area (Å²) in [4.78, 5) is 24.9. The third-order valence-electron chi connectivity index (χ3n) is 4.55. The molecule has 0 saturated carbocycles. The maximum Gasteiger partial charge on any atom is 0.251 e. The van der Waals surface area contributed by atoms with Gasteiger partial charge in [0.15, 0.2) is 0 Å². The highest BCUT2D eigenvalue weighted by Gasteiger charge is 2.12. The number of rotatable bonds is 4. The number of anilines is 2. The minimum atomic E-state index is -0.310. The molecule has 2 amide bonds. The molecule has 4 nitrogen and oxygen atoms in total. The molecule has 0 heterocycles. The SMILES string of the molecule is C/C(=C\C(=O)Nc1c(C)cc(C)cc1C)C(=O)Nc1c(C)cc(C)cc1C. The van der Waals surface area contributed by atoms with Crippen LogP contribution in [-0.4, -0.2) is 11.8 Å². The second-order valence-corrected chi connectivity index (χ2v) is 7.32. The largest absolute Gasteiger partial charge is 0.322 e. The molecule has 142 valence electrons. The molecule has 0 aliphatic rings. The third-order valence-corrected chi connectivity index (χ3v) is 4.55. The smallest absolute Gasteiger partial charge is 0.251 e. The Kier molecular flexibility index (Phi) is 6.21. The average Bonchev–Trinajstić information content (AvgIpc) is 2.53. The van der Waals surface area contributed by atoms with Crippen LogP contribution in [0.2, 0.25) is 0 Å². The van der Waals surface area contributed by atoms with Crippen LogP contribution in [0.3, 0.4) is 0 Å². The fourth-order valence-electron chi connectivity index (χ4n) is 3.39. The molecule has 0 aromatic heterocycles. The molecular formula is C23H28N2O2. The van der Waals surface area contributed by atoms with Gasteiger partial charge in [0.05, 0.1) is 0 Å². The summed E-state index contributed by atoms with van der Waals surface area (Å²) in [7, 11) is 0. The zero-order chi connectivity index (χ0) is 20.3. The topological polar surface area (TPSA) is 58.2 Å². The van der Waals surface area contributed by atoms with Crippen LogP contribution in [0.1, 0.15) is 40.3 Å². The highest BCUT2D eigenvalue weighted by molar-refractivity contribution is 6.10. The summed E-state index contributed by atoms with van der Waals surface area (Å²) in [6, 6.07) is 8.10. The molecule has 0 saturated heterocycles. The predicted molar refractivity (Wildman–Crippen MR) is 112 cm³/mol. The molecule has 2 aromatic rings. The normalized spacial score (nSPS) is 11.3. The van der Waals surface area contributed by atoms with Gasteiger partial charge in [-0.3, -0.25) is 9.59 Å². The van der Waals surface area contributed by atoms with Crippen LogP contribution in [0.4, 0.5) is 11.4 Å². The van der Waals surface area contributed by atoms with Crippen LogP contribution < -0.4 is 10.6 Å². The first-order valence-corrected chi connectivity index (χ1v) is 9.04. The standard InChI is InChI=1S/C23H28N2O2/c1-13-8-15(3)21(16(4)9-13)24-20(26)12-19(7)23(27)25-22-17(5)10-14(2)11-18(22)6/h8-12H,1-7H3,(H,24,26)(H,25,27)/b19-12+. The first-order valence-electron chi connectivity index (χ1n) is 9.04. The number of hydrogen-bond acceptors (Lipinski definition) is 2. The van der Waals surface area contributed by atoms with E-state index in [2.05, 4.69) is 10.6 Å². The van der Waals surface area contributed by atoms with E-state index in [0.29, 0.717) is 5.57 Å². The second kappa shape index (κ2) is 8.21. The predicted octanol–water partition coefficient (Wildman–Crippen LogP) is 5.06. The van der Waals surface area contributed by atoms with E-state index in [1.807, 2.05) is 65.8 Å². The molecule has 2 aromatic carbocycles. The van der Waals surface area contributed by atoms with Gasteiger partial charge in [0, 0.05) is 23.0 Å². The highest BCUT2D eigenvalue weighted by Crippen LogP contribution is 2.23. The molecule has 0 aliphatic carbocycles.